The van der Waals surface area contributed by atoms with Gasteiger partial charge in [-0.1, -0.05) is 25.3 Å². The fourth-order valence-corrected chi connectivity index (χ4v) is 4.32. The predicted molar refractivity (Wildman–Crippen MR) is 82.0 cm³/mol. The van der Waals surface area contributed by atoms with Crippen LogP contribution in [0.5, 0.6) is 0 Å². The number of fused-ring (bicyclic) bond motifs is 1. The Labute approximate surface area is 120 Å². The molecule has 0 saturated heterocycles. The Bertz CT molecular complexity index is 604. The minimum atomic E-state index is -3.21. The molecule has 0 aromatic heterocycles. The molecule has 20 heavy (non-hydrogen) atoms. The van der Waals surface area contributed by atoms with Crippen LogP contribution in [0.25, 0.3) is 0 Å². The number of rotatable bonds is 1. The lowest BCUT2D eigenvalue weighted by atomic mass is 9.74. The summed E-state index contributed by atoms with van der Waals surface area (Å²) in [5.41, 5.74) is 1.93. The lowest BCUT2D eigenvalue weighted by Crippen LogP contribution is -2.36. The first kappa shape index (κ1) is 13.7. The van der Waals surface area contributed by atoms with Crippen molar-refractivity contribution in [2.45, 2.75) is 37.0 Å². The lowest BCUT2D eigenvalue weighted by Gasteiger charge is -2.36. The minimum absolute atomic E-state index is 0.270. The van der Waals surface area contributed by atoms with E-state index in [-0.39, 0.29) is 5.41 Å². The Morgan fingerprint density at radius 2 is 1.75 bits per heavy atom. The van der Waals surface area contributed by atoms with E-state index >= 15 is 0 Å². The van der Waals surface area contributed by atoms with Gasteiger partial charge in [0.1, 0.15) is 0 Å². The summed E-state index contributed by atoms with van der Waals surface area (Å²) in [5, 5.41) is 6.89. The van der Waals surface area contributed by atoms with Gasteiger partial charge in [0.2, 0.25) is 0 Å². The van der Waals surface area contributed by atoms with Crippen molar-refractivity contribution >= 4 is 21.2 Å². The molecule has 110 valence electrons. The van der Waals surface area contributed by atoms with Crippen molar-refractivity contribution in [3.05, 3.63) is 18.2 Å². The maximum absolute atomic E-state index is 11.9. The van der Waals surface area contributed by atoms with Crippen LogP contribution in [0.4, 0.5) is 11.4 Å². The molecule has 0 amide bonds. The average molecular weight is 294 g/mol. The van der Waals surface area contributed by atoms with Crippen LogP contribution in [0.3, 0.4) is 0 Å². The quantitative estimate of drug-likeness (QED) is 0.836. The van der Waals surface area contributed by atoms with Gasteiger partial charge in [-0.2, -0.15) is 0 Å². The van der Waals surface area contributed by atoms with Crippen molar-refractivity contribution in [1.82, 2.24) is 0 Å². The molecule has 1 aliphatic carbocycles. The van der Waals surface area contributed by atoms with Crippen LogP contribution in [0.15, 0.2) is 23.1 Å². The molecule has 1 heterocycles. The number of para-hydroxylation sites is 1. The normalized spacial score (nSPS) is 21.4. The van der Waals surface area contributed by atoms with Crippen molar-refractivity contribution < 1.29 is 8.42 Å². The van der Waals surface area contributed by atoms with E-state index in [4.69, 9.17) is 0 Å². The van der Waals surface area contributed by atoms with E-state index in [1.165, 1.54) is 38.4 Å². The van der Waals surface area contributed by atoms with Gasteiger partial charge < -0.3 is 10.6 Å². The molecule has 1 aromatic carbocycles. The SMILES string of the molecule is CS(=O)(=O)c1cccc2c1NCC1(CCCCC1)CN2. The van der Waals surface area contributed by atoms with E-state index in [0.29, 0.717) is 4.90 Å². The van der Waals surface area contributed by atoms with Crippen molar-refractivity contribution in [3.8, 4) is 0 Å². The summed E-state index contributed by atoms with van der Waals surface area (Å²) in [6, 6.07) is 5.45. The second kappa shape index (κ2) is 4.95. The topological polar surface area (TPSA) is 58.2 Å². The average Bonchev–Trinajstić information content (AvgIpc) is 2.59. The molecule has 5 heteroatoms. The monoisotopic (exact) mass is 294 g/mol. The van der Waals surface area contributed by atoms with Crippen molar-refractivity contribution in [2.24, 2.45) is 5.41 Å². The summed E-state index contributed by atoms with van der Waals surface area (Å²) >= 11 is 0. The van der Waals surface area contributed by atoms with Crippen LogP contribution >= 0.6 is 0 Å². The fraction of sp³-hybridized carbons (Fsp3) is 0.600. The zero-order valence-electron chi connectivity index (χ0n) is 11.9. The smallest absolute Gasteiger partial charge is 0.177 e. The molecule has 1 saturated carbocycles. The van der Waals surface area contributed by atoms with Crippen molar-refractivity contribution in [1.29, 1.82) is 0 Å². The molecular weight excluding hydrogens is 272 g/mol. The highest BCUT2D eigenvalue weighted by Crippen LogP contribution is 2.41. The first-order valence-corrected chi connectivity index (χ1v) is 9.20. The van der Waals surface area contributed by atoms with Gasteiger partial charge in [0, 0.05) is 24.8 Å². The van der Waals surface area contributed by atoms with Gasteiger partial charge in [-0.25, -0.2) is 8.42 Å². The summed E-state index contributed by atoms with van der Waals surface area (Å²) in [4.78, 5) is 0.398. The Hall–Kier alpha value is -1.23. The van der Waals surface area contributed by atoms with Gasteiger partial charge in [0.05, 0.1) is 16.3 Å². The van der Waals surface area contributed by atoms with Gasteiger partial charge in [-0.05, 0) is 25.0 Å². The molecule has 0 radical (unpaired) electrons. The molecular formula is C15H22N2O2S. The van der Waals surface area contributed by atoms with Crippen LogP contribution in [0, 0.1) is 5.41 Å². The third-order valence-electron chi connectivity index (χ3n) is 4.63. The van der Waals surface area contributed by atoms with Gasteiger partial charge in [0.15, 0.2) is 9.84 Å². The Morgan fingerprint density at radius 1 is 1.05 bits per heavy atom. The Kier molecular flexibility index (Phi) is 3.40. The first-order chi connectivity index (χ1) is 9.50. The van der Waals surface area contributed by atoms with Crippen molar-refractivity contribution in [3.63, 3.8) is 0 Å². The largest absolute Gasteiger partial charge is 0.383 e. The molecule has 4 nitrogen and oxygen atoms in total. The van der Waals surface area contributed by atoms with Gasteiger partial charge in [-0.3, -0.25) is 0 Å². The first-order valence-electron chi connectivity index (χ1n) is 7.31. The number of nitrogens with one attached hydrogen (secondary N) is 2. The maximum Gasteiger partial charge on any atom is 0.177 e. The van der Waals surface area contributed by atoms with E-state index in [9.17, 15) is 8.42 Å². The fourth-order valence-electron chi connectivity index (χ4n) is 3.45. The van der Waals surface area contributed by atoms with Crippen LogP contribution in [-0.2, 0) is 9.84 Å². The summed E-state index contributed by atoms with van der Waals surface area (Å²) < 4.78 is 23.8. The van der Waals surface area contributed by atoms with Crippen molar-refractivity contribution in [2.75, 3.05) is 30.0 Å². The second-order valence-corrected chi connectivity index (χ2v) is 8.20. The third kappa shape index (κ3) is 2.51. The zero-order chi connectivity index (χ0) is 14.2. The number of benzene rings is 1. The summed E-state index contributed by atoms with van der Waals surface area (Å²) in [6.45, 7) is 1.79. The lowest BCUT2D eigenvalue weighted by molar-refractivity contribution is 0.224. The molecule has 1 spiro atoms. The molecule has 2 aliphatic rings. The second-order valence-electron chi connectivity index (χ2n) is 6.22. The molecule has 2 N–H and O–H groups in total. The van der Waals surface area contributed by atoms with E-state index in [1.807, 2.05) is 12.1 Å². The van der Waals surface area contributed by atoms with Crippen LogP contribution in [-0.4, -0.2) is 27.8 Å². The van der Waals surface area contributed by atoms with Gasteiger partial charge >= 0.3 is 0 Å². The van der Waals surface area contributed by atoms with Crippen LogP contribution in [0.1, 0.15) is 32.1 Å². The van der Waals surface area contributed by atoms with E-state index < -0.39 is 9.84 Å². The molecule has 0 atom stereocenters. The summed E-state index contributed by atoms with van der Waals surface area (Å²) in [5.74, 6) is 0. The molecule has 0 unspecified atom stereocenters. The number of hydrogen-bond donors (Lipinski definition) is 2. The molecule has 1 aromatic rings. The zero-order valence-corrected chi connectivity index (χ0v) is 12.7. The molecule has 0 bridgehead atoms. The number of sulfone groups is 1. The Balaban J connectivity index is 1.95. The van der Waals surface area contributed by atoms with Gasteiger partial charge in [-0.15, -0.1) is 0 Å². The van der Waals surface area contributed by atoms with Crippen LogP contribution in [0.2, 0.25) is 0 Å². The maximum atomic E-state index is 11.9. The number of anilines is 2. The summed E-state index contributed by atoms with van der Waals surface area (Å²) in [6.07, 6.45) is 7.58. The highest BCUT2D eigenvalue weighted by atomic mass is 32.2. The van der Waals surface area contributed by atoms with Gasteiger partial charge in [0.25, 0.3) is 0 Å². The highest BCUT2D eigenvalue weighted by Gasteiger charge is 2.34. The van der Waals surface area contributed by atoms with E-state index in [0.717, 1.165) is 24.5 Å². The van der Waals surface area contributed by atoms with Crippen LogP contribution < -0.4 is 10.6 Å². The van der Waals surface area contributed by atoms with E-state index in [1.54, 1.807) is 6.07 Å². The standard InChI is InChI=1S/C15H22N2O2S/c1-20(18,19)13-7-5-6-12-14(13)17-11-15(10-16-12)8-3-2-4-9-15/h5-7,16-17H,2-4,8-11H2,1H3. The predicted octanol–water partition coefficient (Wildman–Crippen LogP) is 2.88. The third-order valence-corrected chi connectivity index (χ3v) is 5.77. The number of hydrogen-bond acceptors (Lipinski definition) is 4. The molecule has 1 fully saturated rings. The minimum Gasteiger partial charge on any atom is -0.383 e. The van der Waals surface area contributed by atoms with E-state index in [2.05, 4.69) is 10.6 Å². The Morgan fingerprint density at radius 3 is 2.45 bits per heavy atom. The summed E-state index contributed by atoms with van der Waals surface area (Å²) in [7, 11) is -3.21. The molecule has 1 aliphatic heterocycles. The highest BCUT2D eigenvalue weighted by molar-refractivity contribution is 7.90. The molecule has 3 rings (SSSR count).